The van der Waals surface area contributed by atoms with E-state index >= 15 is 0 Å². The molecule has 2 aliphatic carbocycles. The number of halogens is 17. The first-order chi connectivity index (χ1) is 31.2. The van der Waals surface area contributed by atoms with E-state index in [1.807, 2.05) is 0 Å². The van der Waals surface area contributed by atoms with Gasteiger partial charge in [-0.15, -0.1) is 0 Å². The first-order valence-electron chi connectivity index (χ1n) is 21.9. The number of rotatable bonds is 12. The Labute approximate surface area is 392 Å². The molecule has 3 aliphatic rings. The van der Waals surface area contributed by atoms with Gasteiger partial charge in [0.2, 0.25) is 0 Å². The monoisotopic (exact) mass is 1060 g/mol. The van der Waals surface area contributed by atoms with E-state index in [1.165, 1.54) is 34.6 Å². The minimum Gasteiger partial charge on any atom is -0.462 e. The molecule has 3 N–H and O–H groups in total. The van der Waals surface area contributed by atoms with Crippen LogP contribution in [0.2, 0.25) is 0 Å². The van der Waals surface area contributed by atoms with Crippen LogP contribution in [0.3, 0.4) is 0 Å². The number of carbonyl (C=O) groups is 3. The highest BCUT2D eigenvalue weighted by atomic mass is 19.4. The van der Waals surface area contributed by atoms with Gasteiger partial charge >= 0.3 is 54.9 Å². The van der Waals surface area contributed by atoms with E-state index in [0.717, 1.165) is 0 Å². The molecule has 0 aromatic rings. The molecule has 1 heterocycles. The molecule has 1 saturated heterocycles. The fourth-order valence-electron chi connectivity index (χ4n) is 7.37. The van der Waals surface area contributed by atoms with Gasteiger partial charge in [0.1, 0.15) is 24.4 Å². The van der Waals surface area contributed by atoms with Crippen LogP contribution < -0.4 is 0 Å². The van der Waals surface area contributed by atoms with Crippen molar-refractivity contribution in [2.45, 2.75) is 205 Å². The van der Waals surface area contributed by atoms with Crippen molar-refractivity contribution in [3.63, 3.8) is 0 Å². The third kappa shape index (κ3) is 13.6. The Morgan fingerprint density at radius 2 is 0.971 bits per heavy atom. The van der Waals surface area contributed by atoms with Crippen LogP contribution in [-0.4, -0.2) is 118 Å². The summed E-state index contributed by atoms with van der Waals surface area (Å²) in [5.41, 5.74) is -19.5. The predicted molar refractivity (Wildman–Crippen MR) is 208 cm³/mol. The zero-order chi connectivity index (χ0) is 55.3. The van der Waals surface area contributed by atoms with Crippen molar-refractivity contribution in [1.29, 1.82) is 0 Å². The molecule has 0 amide bonds. The van der Waals surface area contributed by atoms with Gasteiger partial charge in [0.25, 0.3) is 16.8 Å². The SMILES string of the molecule is CCC(C)(C)C(=O)OC1CCCCC1C(O)(C(F)(F)F)C(F)(F)F.CCC(C)(C)C(=O)OCC1(C)OCOC(F)(F)C1(O)C(F)(F)F.CCC(C)C(=O)OC1CCCCC1C(O)(C(F)(F)F)C(F)(F)F. The molecule has 7 unspecified atom stereocenters. The van der Waals surface area contributed by atoms with E-state index in [9.17, 15) is 104 Å². The number of alkyl halides is 17. The number of hydrogen-bond acceptors (Lipinski definition) is 11. The summed E-state index contributed by atoms with van der Waals surface area (Å²) in [6.07, 6.45) is -37.2. The maximum absolute atomic E-state index is 13.7. The van der Waals surface area contributed by atoms with Gasteiger partial charge in [-0.3, -0.25) is 19.1 Å². The molecule has 7 atom stereocenters. The van der Waals surface area contributed by atoms with Crippen molar-refractivity contribution in [2.75, 3.05) is 13.4 Å². The molecular weight excluding hydrogens is 1000 g/mol. The molecule has 1 aliphatic heterocycles. The highest BCUT2D eigenvalue weighted by Crippen LogP contribution is 2.55. The lowest BCUT2D eigenvalue weighted by Crippen LogP contribution is -2.76. The summed E-state index contributed by atoms with van der Waals surface area (Å²) in [6, 6.07) is 0. The summed E-state index contributed by atoms with van der Waals surface area (Å²) in [6.45, 7) is 10.5. The smallest absolute Gasteiger partial charge is 0.429 e. The van der Waals surface area contributed by atoms with Crippen LogP contribution in [0.4, 0.5) is 74.6 Å². The van der Waals surface area contributed by atoms with Gasteiger partial charge in [0.15, 0.2) is 6.79 Å². The first-order valence-corrected chi connectivity index (χ1v) is 21.9. The molecule has 70 heavy (non-hydrogen) atoms. The molecule has 0 aromatic heterocycles. The Morgan fingerprint density at radius 3 is 1.31 bits per heavy atom. The molecule has 3 fully saturated rings. The van der Waals surface area contributed by atoms with E-state index < -0.39 is 144 Å². The standard InChI is InChI=1S/C15H22F6O3.C14H20F6O3.C13H19F5O5/c1-4-12(2,3)11(22)24-10-8-6-5-7-9(10)13(23,14(16,17)18)15(19,20)21;1-3-8(2)11(21)23-10-7-5-4-6-9(10)12(22,13(15,16)17)14(18,19)20;1-5-9(2,3)8(19)21-6-10(4)11(20,12(14,15)16)13(17,18)23-7-22-10/h9-10,23H,4-8H2,1-3H3;8-10,22H,3-7H2,1-2H3;20H,5-7H2,1-4H3. The van der Waals surface area contributed by atoms with Crippen molar-refractivity contribution < 1.29 is 128 Å². The van der Waals surface area contributed by atoms with Gasteiger partial charge in [-0.2, -0.15) is 74.6 Å². The summed E-state index contributed by atoms with van der Waals surface area (Å²) < 4.78 is 246. The maximum Gasteiger partial charge on any atom is 0.429 e. The summed E-state index contributed by atoms with van der Waals surface area (Å²) >= 11 is 0. The van der Waals surface area contributed by atoms with Crippen LogP contribution in [0.5, 0.6) is 0 Å². The van der Waals surface area contributed by atoms with Crippen molar-refractivity contribution in [3.05, 3.63) is 0 Å². The Bertz CT molecular complexity index is 1700. The van der Waals surface area contributed by atoms with Gasteiger partial charge < -0.3 is 34.3 Å². The molecule has 414 valence electrons. The van der Waals surface area contributed by atoms with Crippen LogP contribution >= 0.6 is 0 Å². The third-order valence-corrected chi connectivity index (χ3v) is 13.3. The first kappa shape index (κ1) is 65.0. The van der Waals surface area contributed by atoms with Crippen LogP contribution in [-0.2, 0) is 38.1 Å². The van der Waals surface area contributed by atoms with Gasteiger partial charge in [-0.05, 0) is 92.4 Å². The number of hydrogen-bond donors (Lipinski definition) is 3. The second-order valence-electron chi connectivity index (χ2n) is 18.9. The lowest BCUT2D eigenvalue weighted by atomic mass is 9.73. The Morgan fingerprint density at radius 1 is 0.614 bits per heavy atom. The largest absolute Gasteiger partial charge is 0.462 e. The van der Waals surface area contributed by atoms with Crippen molar-refractivity contribution in [1.82, 2.24) is 0 Å². The second kappa shape index (κ2) is 22.6. The Kier molecular flexibility index (Phi) is 21.0. The minimum absolute atomic E-state index is 0.0877. The van der Waals surface area contributed by atoms with Crippen molar-refractivity contribution >= 4 is 17.9 Å². The summed E-state index contributed by atoms with van der Waals surface area (Å²) in [5.74, 6) is -7.79. The number of ether oxygens (including phenoxy) is 5. The summed E-state index contributed by atoms with van der Waals surface area (Å²) in [7, 11) is 0. The van der Waals surface area contributed by atoms with Crippen LogP contribution in [0.25, 0.3) is 0 Å². The molecule has 0 bridgehead atoms. The van der Waals surface area contributed by atoms with Crippen molar-refractivity contribution in [3.8, 4) is 0 Å². The van der Waals surface area contributed by atoms with Gasteiger partial charge in [0, 0.05) is 11.8 Å². The number of esters is 3. The minimum atomic E-state index is -5.92. The van der Waals surface area contributed by atoms with Crippen LogP contribution in [0, 0.1) is 28.6 Å². The highest BCUT2D eigenvalue weighted by molar-refractivity contribution is 5.76. The second-order valence-corrected chi connectivity index (χ2v) is 18.9. The lowest BCUT2D eigenvalue weighted by Gasteiger charge is -2.50. The fourth-order valence-corrected chi connectivity index (χ4v) is 7.37. The average Bonchev–Trinajstić information content (AvgIpc) is 3.22. The zero-order valence-electron chi connectivity index (χ0n) is 39.6. The molecule has 11 nitrogen and oxygen atoms in total. The molecule has 2 saturated carbocycles. The van der Waals surface area contributed by atoms with E-state index in [2.05, 4.69) is 9.47 Å². The van der Waals surface area contributed by atoms with Gasteiger partial charge in [-0.1, -0.05) is 40.5 Å². The Balaban J connectivity index is 0.000000525. The van der Waals surface area contributed by atoms with E-state index in [-0.39, 0.29) is 25.7 Å². The Hall–Kier alpha value is -2.98. The number of carbonyl (C=O) groups excluding carboxylic acids is 3. The molecule has 0 radical (unpaired) electrons. The fraction of sp³-hybridized carbons (Fsp3) is 0.929. The molecule has 3 rings (SSSR count). The van der Waals surface area contributed by atoms with Gasteiger partial charge in [0.05, 0.1) is 16.7 Å². The normalized spacial score (nSPS) is 26.9. The van der Waals surface area contributed by atoms with E-state index in [0.29, 0.717) is 39.0 Å². The quantitative estimate of drug-likeness (QED) is 0.0970. The highest BCUT2D eigenvalue weighted by Gasteiger charge is 2.81. The predicted octanol–water partition coefficient (Wildman–Crippen LogP) is 11.0. The molecule has 0 spiro atoms. The van der Waals surface area contributed by atoms with E-state index in [4.69, 9.17) is 14.2 Å². The van der Waals surface area contributed by atoms with Crippen molar-refractivity contribution in [2.24, 2.45) is 28.6 Å². The topological polar surface area (TPSA) is 158 Å². The third-order valence-electron chi connectivity index (χ3n) is 13.3. The van der Waals surface area contributed by atoms with Crippen LogP contribution in [0.15, 0.2) is 0 Å². The summed E-state index contributed by atoms with van der Waals surface area (Å²) in [4.78, 5) is 35.7. The summed E-state index contributed by atoms with van der Waals surface area (Å²) in [5, 5.41) is 28.9. The zero-order valence-corrected chi connectivity index (χ0v) is 39.6. The maximum atomic E-state index is 13.7. The molecule has 0 aromatic carbocycles. The molecular formula is C42H61F17O11. The molecule has 28 heteroatoms. The number of aliphatic hydroxyl groups is 3. The van der Waals surface area contributed by atoms with E-state index in [1.54, 1.807) is 20.8 Å². The van der Waals surface area contributed by atoms with Crippen LogP contribution in [0.1, 0.15) is 133 Å². The lowest BCUT2D eigenvalue weighted by molar-refractivity contribution is -0.493. The average molecular weight is 1060 g/mol. The van der Waals surface area contributed by atoms with Gasteiger partial charge in [-0.25, -0.2) is 0 Å².